The maximum atomic E-state index is 0. The summed E-state index contributed by atoms with van der Waals surface area (Å²) in [6, 6.07) is 0. The third-order valence-electron chi connectivity index (χ3n) is 0. The van der Waals surface area contributed by atoms with Crippen LogP contribution in [0.15, 0.2) is 0 Å². The zero-order valence-electron chi connectivity index (χ0n) is 2.17. The fourth-order valence-electron chi connectivity index (χ4n) is 0. The Kier molecular flexibility index (Phi) is 508. The minimum Gasteiger partial charge on any atom is -2.00 e. The van der Waals surface area contributed by atoms with E-state index >= 15 is 0 Å². The third-order valence-corrected chi connectivity index (χ3v) is 0. The van der Waals surface area contributed by atoms with Crippen molar-refractivity contribution in [1.82, 2.24) is 0 Å². The molecule has 0 bridgehead atoms. The summed E-state index contributed by atoms with van der Waals surface area (Å²) < 4.78 is 0. The van der Waals surface area contributed by atoms with Crippen molar-refractivity contribution in [2.24, 2.45) is 0 Å². The van der Waals surface area contributed by atoms with E-state index in [4.69, 9.17) is 0 Å². The van der Waals surface area contributed by atoms with Crippen LogP contribution in [0.5, 0.6) is 0 Å². The van der Waals surface area contributed by atoms with Gasteiger partial charge in [0.15, 0.2) is 0 Å². The Hall–Kier alpha value is 2.85. The molecule has 0 aliphatic rings. The molecule has 0 saturated carbocycles. The van der Waals surface area contributed by atoms with Gasteiger partial charge in [-0.3, -0.25) is 4.70 Å². The molecule has 2 radical (unpaired) electrons. The molecule has 0 heterocycles. The summed E-state index contributed by atoms with van der Waals surface area (Å²) in [5, 5.41) is 0. The Morgan fingerprint density at radius 1 is 0.500 bits per heavy atom. The summed E-state index contributed by atoms with van der Waals surface area (Å²) in [6.07, 6.45) is 0. The molecular formula is HFO3Yb2. The van der Waals surface area contributed by atoms with Gasteiger partial charge in [-0.1, -0.05) is 0 Å². The van der Waals surface area contributed by atoms with Crippen LogP contribution in [0.4, 0.5) is 4.70 Å². The summed E-state index contributed by atoms with van der Waals surface area (Å²) >= 11 is 0. The van der Waals surface area contributed by atoms with Crippen molar-refractivity contribution in [3.05, 3.63) is 0 Å². The third kappa shape index (κ3) is 28.9. The first-order chi connectivity index (χ1) is 0. The standard InChI is InChI=1S/FH.3O.2Yb/h1H;;;;;/q;3*-2;2*+3. The Bertz CT molecular complexity index is 8.75. The van der Waals surface area contributed by atoms with Crippen LogP contribution in [0.25, 0.3) is 0 Å². The number of rotatable bonds is 0. The summed E-state index contributed by atoms with van der Waals surface area (Å²) in [5.41, 5.74) is 0. The molecule has 0 saturated heterocycles. The van der Waals surface area contributed by atoms with Crippen molar-refractivity contribution < 1.29 is 115 Å². The second kappa shape index (κ2) is 45.4. The van der Waals surface area contributed by atoms with Gasteiger partial charge in [-0.15, -0.1) is 0 Å². The normalized spacial score (nSPS) is 0. The van der Waals surface area contributed by atoms with Gasteiger partial charge in [0.05, 0.1) is 0 Å². The van der Waals surface area contributed by atoms with E-state index in [1.165, 1.54) is 0 Å². The zero-order valence-corrected chi connectivity index (χ0v) is 5.60. The van der Waals surface area contributed by atoms with E-state index < -0.39 is 0 Å². The van der Waals surface area contributed by atoms with Crippen LogP contribution in [0, 0.1) is 93.8 Å². The van der Waals surface area contributed by atoms with E-state index in [2.05, 4.69) is 0 Å². The second-order valence-corrected chi connectivity index (χ2v) is 0. The van der Waals surface area contributed by atoms with Crippen molar-refractivity contribution in [1.29, 1.82) is 0 Å². The molecule has 0 amide bonds. The molecular weight excluding hydrogens is 413 g/mol. The van der Waals surface area contributed by atoms with E-state index in [0.717, 1.165) is 0 Å². The van der Waals surface area contributed by atoms with Crippen molar-refractivity contribution in [3.8, 4) is 0 Å². The average molecular weight is 414 g/mol. The molecule has 0 atom stereocenters. The smallest absolute Gasteiger partial charge is 2.00 e. The first kappa shape index (κ1) is 67.2. The molecule has 0 aliphatic carbocycles. The van der Waals surface area contributed by atoms with Crippen LogP contribution in [0.2, 0.25) is 0 Å². The largest absolute Gasteiger partial charge is 3.00 e. The molecule has 0 aromatic heterocycles. The maximum Gasteiger partial charge on any atom is 3.00 e. The minimum absolute atomic E-state index is 0. The number of hydrogen-bond donors (Lipinski definition) is 0. The monoisotopic (exact) mass is 416 g/mol. The number of hydrogen-bond acceptors (Lipinski definition) is 0. The molecule has 6 heavy (non-hydrogen) atoms. The summed E-state index contributed by atoms with van der Waals surface area (Å²) in [6.45, 7) is 0. The average Bonchev–Trinajstić information content (AvgIpc) is 0. The van der Waals surface area contributed by atoms with E-state index in [9.17, 15) is 0 Å². The molecule has 0 unspecified atom stereocenters. The summed E-state index contributed by atoms with van der Waals surface area (Å²) in [7, 11) is 0. The van der Waals surface area contributed by atoms with Gasteiger partial charge in [-0.05, 0) is 0 Å². The van der Waals surface area contributed by atoms with Gasteiger partial charge in [0, 0.05) is 0 Å². The molecule has 54 valence electrons. The second-order valence-electron chi connectivity index (χ2n) is 0. The molecule has 0 N–H and O–H groups in total. The molecule has 6 heteroatoms. The van der Waals surface area contributed by atoms with Crippen LogP contribution >= 0.6 is 0 Å². The zero-order chi connectivity index (χ0) is 0. The fourth-order valence-corrected chi connectivity index (χ4v) is 0. The van der Waals surface area contributed by atoms with Crippen molar-refractivity contribution >= 4 is 0 Å². The van der Waals surface area contributed by atoms with Crippen LogP contribution < -0.4 is 0 Å². The van der Waals surface area contributed by atoms with Gasteiger partial charge in [-0.25, -0.2) is 0 Å². The van der Waals surface area contributed by atoms with Crippen LogP contribution in [0.1, 0.15) is 0 Å². The first-order valence-electron chi connectivity index (χ1n) is 0. The van der Waals surface area contributed by atoms with E-state index in [1.807, 2.05) is 0 Å². The van der Waals surface area contributed by atoms with Gasteiger partial charge in [0.1, 0.15) is 0 Å². The summed E-state index contributed by atoms with van der Waals surface area (Å²) in [4.78, 5) is 0. The van der Waals surface area contributed by atoms with Crippen LogP contribution in [-0.2, 0) is 16.4 Å². The molecule has 0 aromatic carbocycles. The van der Waals surface area contributed by atoms with Gasteiger partial charge in [0.25, 0.3) is 0 Å². The molecule has 0 rings (SSSR count). The van der Waals surface area contributed by atoms with Crippen LogP contribution in [-0.4, -0.2) is 0 Å². The molecule has 3 nitrogen and oxygen atoms in total. The first-order valence-corrected chi connectivity index (χ1v) is 0. The molecule has 0 aromatic rings. The SMILES string of the molecule is F.[O-2].[O-2].[O-2].[Yb+3].[Yb+3]. The quantitative estimate of drug-likeness (QED) is 0.526. The Morgan fingerprint density at radius 3 is 0.500 bits per heavy atom. The van der Waals surface area contributed by atoms with Crippen molar-refractivity contribution in [2.75, 3.05) is 0 Å². The maximum absolute atomic E-state index is 0. The van der Waals surface area contributed by atoms with Gasteiger partial charge >= 0.3 is 93.8 Å². The predicted molar refractivity (Wildman–Crippen MR) is 4.56 cm³/mol. The van der Waals surface area contributed by atoms with Crippen molar-refractivity contribution in [3.63, 3.8) is 0 Å². The van der Waals surface area contributed by atoms with Crippen molar-refractivity contribution in [2.45, 2.75) is 0 Å². The molecule has 0 fully saturated rings. The number of halogens is 1. The minimum atomic E-state index is 0. The van der Waals surface area contributed by atoms with Crippen LogP contribution in [0.3, 0.4) is 0 Å². The Balaban J connectivity index is 0. The van der Waals surface area contributed by atoms with Gasteiger partial charge in [-0.2, -0.15) is 0 Å². The van der Waals surface area contributed by atoms with E-state index in [1.54, 1.807) is 0 Å². The van der Waals surface area contributed by atoms with E-state index in [-0.39, 0.29) is 115 Å². The van der Waals surface area contributed by atoms with Gasteiger partial charge in [0.2, 0.25) is 0 Å². The van der Waals surface area contributed by atoms with E-state index in [0.29, 0.717) is 0 Å². The topological polar surface area (TPSA) is 85.5 Å². The fraction of sp³-hybridized carbons (Fsp3) is 0. The summed E-state index contributed by atoms with van der Waals surface area (Å²) in [5.74, 6) is 0. The molecule has 0 spiro atoms. The Morgan fingerprint density at radius 2 is 0.500 bits per heavy atom. The Labute approximate surface area is 112 Å². The molecule has 0 aliphatic heterocycles. The van der Waals surface area contributed by atoms with Gasteiger partial charge < -0.3 is 16.4 Å². The predicted octanol–water partition coefficient (Wildman–Crippen LogP) is -0.204.